The molecule has 0 unspecified atom stereocenters. The van der Waals surface area contributed by atoms with Crippen molar-refractivity contribution < 1.29 is 24.2 Å². The Hall–Kier alpha value is -3.02. The van der Waals surface area contributed by atoms with Gasteiger partial charge in [0.05, 0.1) is 5.56 Å². The summed E-state index contributed by atoms with van der Waals surface area (Å²) in [7, 11) is 0. The van der Waals surface area contributed by atoms with Crippen molar-refractivity contribution in [1.29, 1.82) is 0 Å². The van der Waals surface area contributed by atoms with E-state index in [4.69, 9.17) is 20.3 Å². The average Bonchev–Trinajstić information content (AvgIpc) is 2.43. The zero-order chi connectivity index (χ0) is 15.0. The molecule has 6 nitrogen and oxygen atoms in total. The first-order chi connectivity index (χ1) is 10.1. The van der Waals surface area contributed by atoms with Gasteiger partial charge in [-0.2, -0.15) is 0 Å². The summed E-state index contributed by atoms with van der Waals surface area (Å²) in [4.78, 5) is 23.4. The van der Waals surface area contributed by atoms with Crippen LogP contribution in [0.5, 0.6) is 11.5 Å². The first kappa shape index (κ1) is 13.0. The van der Waals surface area contributed by atoms with Crippen molar-refractivity contribution in [3.05, 3.63) is 53.1 Å². The quantitative estimate of drug-likeness (QED) is 0.473. The van der Waals surface area contributed by atoms with E-state index in [1.165, 1.54) is 18.2 Å². The number of nitrogens with two attached hydrogens (primary N) is 1. The van der Waals surface area contributed by atoms with E-state index < -0.39 is 11.9 Å². The number of hydrogen-bond acceptors (Lipinski definition) is 5. The Morgan fingerprint density at radius 3 is 2.81 bits per heavy atom. The topological polar surface area (TPSA) is 98.8 Å². The zero-order valence-corrected chi connectivity index (χ0v) is 10.8. The lowest BCUT2D eigenvalue weighted by Gasteiger charge is -2.19. The Kier molecular flexibility index (Phi) is 2.98. The second-order valence-electron chi connectivity index (χ2n) is 4.53. The van der Waals surface area contributed by atoms with E-state index >= 15 is 0 Å². The van der Waals surface area contributed by atoms with Crippen LogP contribution in [-0.2, 0) is 6.61 Å². The molecule has 0 saturated heterocycles. The fraction of sp³-hybridized carbons (Fsp3) is 0.0667. The molecule has 0 saturated carbocycles. The molecule has 3 rings (SSSR count). The van der Waals surface area contributed by atoms with Crippen molar-refractivity contribution in [2.45, 2.75) is 6.61 Å². The highest BCUT2D eigenvalue weighted by Crippen LogP contribution is 2.35. The molecular weight excluding hydrogens is 274 g/mol. The van der Waals surface area contributed by atoms with Gasteiger partial charge in [-0.3, -0.25) is 0 Å². The second kappa shape index (κ2) is 4.82. The van der Waals surface area contributed by atoms with Crippen LogP contribution in [-0.4, -0.2) is 17.0 Å². The van der Waals surface area contributed by atoms with Gasteiger partial charge in [-0.1, -0.05) is 6.07 Å². The molecule has 106 valence electrons. The van der Waals surface area contributed by atoms with Gasteiger partial charge in [0.1, 0.15) is 12.2 Å². The third-order valence-electron chi connectivity index (χ3n) is 3.13. The number of carbonyl (C=O) groups is 2. The van der Waals surface area contributed by atoms with Crippen molar-refractivity contribution in [3.63, 3.8) is 0 Å². The van der Waals surface area contributed by atoms with E-state index in [0.29, 0.717) is 16.8 Å². The molecule has 21 heavy (non-hydrogen) atoms. The molecule has 0 fully saturated rings. The highest BCUT2D eigenvalue weighted by Gasteiger charge is 2.24. The van der Waals surface area contributed by atoms with E-state index in [-0.39, 0.29) is 23.7 Å². The minimum absolute atomic E-state index is 0.0337. The Morgan fingerprint density at radius 2 is 2.05 bits per heavy atom. The predicted molar refractivity (Wildman–Crippen MR) is 73.5 cm³/mol. The lowest BCUT2D eigenvalue weighted by atomic mass is 10.1. The van der Waals surface area contributed by atoms with Gasteiger partial charge in [-0.25, -0.2) is 9.59 Å². The number of carbonyl (C=O) groups excluding carboxylic acids is 1. The van der Waals surface area contributed by atoms with Gasteiger partial charge in [0.2, 0.25) is 0 Å². The van der Waals surface area contributed by atoms with Crippen LogP contribution in [0.2, 0.25) is 0 Å². The highest BCUT2D eigenvalue weighted by molar-refractivity contribution is 5.96. The van der Waals surface area contributed by atoms with E-state index in [9.17, 15) is 9.59 Å². The highest BCUT2D eigenvalue weighted by atomic mass is 16.6. The van der Waals surface area contributed by atoms with Gasteiger partial charge in [0, 0.05) is 11.3 Å². The SMILES string of the molecule is Nc1ccc2c(c1)COc1c(cccc1C(=O)O)OC2=O. The zero-order valence-electron chi connectivity index (χ0n) is 10.8. The molecule has 0 atom stereocenters. The number of rotatable bonds is 1. The Balaban J connectivity index is 2.10. The molecular formula is C15H11NO5. The molecule has 0 spiro atoms. The average molecular weight is 285 g/mol. The summed E-state index contributed by atoms with van der Waals surface area (Å²) >= 11 is 0. The normalized spacial score (nSPS) is 13.0. The number of ether oxygens (including phenoxy) is 2. The van der Waals surface area contributed by atoms with Crippen LogP contribution in [0.3, 0.4) is 0 Å². The van der Waals surface area contributed by atoms with Crippen LogP contribution in [0.25, 0.3) is 0 Å². The lowest BCUT2D eigenvalue weighted by Crippen LogP contribution is -2.17. The molecule has 0 amide bonds. The van der Waals surface area contributed by atoms with E-state index in [1.54, 1.807) is 18.2 Å². The number of carboxylic acid groups (broad SMARTS) is 1. The number of fused-ring (bicyclic) bond motifs is 2. The number of para-hydroxylation sites is 1. The second-order valence-corrected chi connectivity index (χ2v) is 4.53. The van der Waals surface area contributed by atoms with Crippen molar-refractivity contribution in [2.24, 2.45) is 0 Å². The molecule has 2 aromatic carbocycles. The number of benzene rings is 2. The summed E-state index contributed by atoms with van der Waals surface area (Å²) < 4.78 is 10.8. The number of carboxylic acids is 1. The summed E-state index contributed by atoms with van der Waals surface area (Å²) in [6, 6.07) is 9.12. The molecule has 1 aliphatic rings. The van der Waals surface area contributed by atoms with Gasteiger partial charge < -0.3 is 20.3 Å². The van der Waals surface area contributed by atoms with E-state index in [1.807, 2.05) is 0 Å². The lowest BCUT2D eigenvalue weighted by molar-refractivity contribution is 0.0671. The molecule has 1 aliphatic heterocycles. The van der Waals surface area contributed by atoms with Crippen molar-refractivity contribution in [2.75, 3.05) is 5.73 Å². The summed E-state index contributed by atoms with van der Waals surface area (Å²) in [5.74, 6) is -1.61. The third kappa shape index (κ3) is 2.27. The summed E-state index contributed by atoms with van der Waals surface area (Å²) in [5, 5.41) is 9.17. The van der Waals surface area contributed by atoms with Crippen molar-refractivity contribution >= 4 is 17.6 Å². The third-order valence-corrected chi connectivity index (χ3v) is 3.13. The number of aromatic carboxylic acids is 1. The first-order valence-corrected chi connectivity index (χ1v) is 6.16. The summed E-state index contributed by atoms with van der Waals surface area (Å²) in [6.07, 6.45) is 0. The number of nitrogen functional groups attached to an aromatic ring is 1. The fourth-order valence-corrected chi connectivity index (χ4v) is 2.15. The van der Waals surface area contributed by atoms with Crippen LogP contribution in [0.1, 0.15) is 26.3 Å². The van der Waals surface area contributed by atoms with Gasteiger partial charge in [0.15, 0.2) is 11.5 Å². The summed E-state index contributed by atoms with van der Waals surface area (Å²) in [5.41, 5.74) is 7.00. The largest absolute Gasteiger partial charge is 0.484 e. The number of esters is 1. The summed E-state index contributed by atoms with van der Waals surface area (Å²) in [6.45, 7) is 0.0345. The van der Waals surface area contributed by atoms with Crippen LogP contribution in [0.4, 0.5) is 5.69 Å². The van der Waals surface area contributed by atoms with Crippen LogP contribution < -0.4 is 15.2 Å². The van der Waals surface area contributed by atoms with E-state index in [2.05, 4.69) is 0 Å². The van der Waals surface area contributed by atoms with Crippen molar-refractivity contribution in [1.82, 2.24) is 0 Å². The maximum absolute atomic E-state index is 12.1. The van der Waals surface area contributed by atoms with Gasteiger partial charge in [0.25, 0.3) is 0 Å². The van der Waals surface area contributed by atoms with Gasteiger partial charge in [-0.15, -0.1) is 0 Å². The maximum Gasteiger partial charge on any atom is 0.344 e. The molecule has 6 heteroatoms. The standard InChI is InChI=1S/C15H11NO5/c16-9-4-5-10-8(6-9)7-20-13-11(14(17)18)2-1-3-12(13)21-15(10)19/h1-6H,7,16H2,(H,17,18). The van der Waals surface area contributed by atoms with Crippen molar-refractivity contribution in [3.8, 4) is 11.5 Å². The predicted octanol–water partition coefficient (Wildman–Crippen LogP) is 2.08. The molecule has 3 N–H and O–H groups in total. The van der Waals surface area contributed by atoms with E-state index in [0.717, 1.165) is 0 Å². The Bertz CT molecular complexity index is 754. The molecule has 1 heterocycles. The van der Waals surface area contributed by atoms with Crippen LogP contribution >= 0.6 is 0 Å². The Labute approximate surface area is 119 Å². The first-order valence-electron chi connectivity index (χ1n) is 6.16. The smallest absolute Gasteiger partial charge is 0.344 e. The molecule has 0 aliphatic carbocycles. The maximum atomic E-state index is 12.1. The monoisotopic (exact) mass is 285 g/mol. The molecule has 0 bridgehead atoms. The molecule has 0 radical (unpaired) electrons. The van der Waals surface area contributed by atoms with Gasteiger partial charge >= 0.3 is 11.9 Å². The van der Waals surface area contributed by atoms with Crippen LogP contribution in [0.15, 0.2) is 36.4 Å². The molecule has 0 aromatic heterocycles. The minimum Gasteiger partial charge on any atom is -0.484 e. The van der Waals surface area contributed by atoms with Crippen LogP contribution in [0, 0.1) is 0 Å². The fourth-order valence-electron chi connectivity index (χ4n) is 2.15. The Morgan fingerprint density at radius 1 is 1.24 bits per heavy atom. The minimum atomic E-state index is -1.16. The molecule has 2 aromatic rings. The van der Waals surface area contributed by atoms with Gasteiger partial charge in [-0.05, 0) is 30.3 Å². The number of hydrogen-bond donors (Lipinski definition) is 2. The number of anilines is 1.